The average Bonchev–Trinajstić information content (AvgIpc) is 3.55. The first-order valence-electron chi connectivity index (χ1n) is 13.0. The van der Waals surface area contributed by atoms with E-state index in [0.717, 1.165) is 62.2 Å². The van der Waals surface area contributed by atoms with Crippen molar-refractivity contribution >= 4 is 11.6 Å². The van der Waals surface area contributed by atoms with Crippen molar-refractivity contribution in [1.82, 2.24) is 14.8 Å². The molecule has 0 unspecified atom stereocenters. The van der Waals surface area contributed by atoms with Gasteiger partial charge in [-0.15, -0.1) is 0 Å². The number of nitrogens with one attached hydrogen (secondary N) is 1. The van der Waals surface area contributed by atoms with E-state index >= 15 is 0 Å². The summed E-state index contributed by atoms with van der Waals surface area (Å²) in [5.41, 5.74) is 4.37. The van der Waals surface area contributed by atoms with Crippen LogP contribution in [0.15, 0.2) is 48.8 Å². The van der Waals surface area contributed by atoms with Crippen LogP contribution in [0, 0.1) is 18.3 Å². The maximum Gasteiger partial charge on any atom is 0.259 e. The quantitative estimate of drug-likeness (QED) is 0.513. The van der Waals surface area contributed by atoms with Crippen LogP contribution in [-0.4, -0.2) is 32.9 Å². The van der Waals surface area contributed by atoms with Gasteiger partial charge in [0, 0.05) is 6.61 Å². The lowest BCUT2D eigenvalue weighted by molar-refractivity contribution is -0.0347. The van der Waals surface area contributed by atoms with Crippen molar-refractivity contribution in [3.05, 3.63) is 71.3 Å². The lowest BCUT2D eigenvalue weighted by Crippen LogP contribution is -2.40. The molecular formula is C29H31N5O2. The molecule has 36 heavy (non-hydrogen) atoms. The van der Waals surface area contributed by atoms with Crippen molar-refractivity contribution in [1.29, 1.82) is 5.26 Å². The van der Waals surface area contributed by atoms with Gasteiger partial charge >= 0.3 is 0 Å². The van der Waals surface area contributed by atoms with E-state index in [1.54, 1.807) is 17.1 Å². The largest absolute Gasteiger partial charge is 0.375 e. The van der Waals surface area contributed by atoms with Gasteiger partial charge in [0.25, 0.3) is 5.91 Å². The van der Waals surface area contributed by atoms with E-state index in [1.807, 2.05) is 19.1 Å². The van der Waals surface area contributed by atoms with Gasteiger partial charge < -0.3 is 10.1 Å². The first-order valence-corrected chi connectivity index (χ1v) is 13.0. The fourth-order valence-electron chi connectivity index (χ4n) is 5.85. The van der Waals surface area contributed by atoms with E-state index in [-0.39, 0.29) is 11.5 Å². The van der Waals surface area contributed by atoms with Crippen LogP contribution >= 0.6 is 0 Å². The van der Waals surface area contributed by atoms with E-state index in [2.05, 4.69) is 45.7 Å². The highest BCUT2D eigenvalue weighted by Crippen LogP contribution is 2.47. The molecule has 3 fully saturated rings. The monoisotopic (exact) mass is 481 g/mol. The fraction of sp³-hybridized carbons (Fsp3) is 0.448. The van der Waals surface area contributed by atoms with Crippen molar-refractivity contribution in [3.63, 3.8) is 0 Å². The van der Waals surface area contributed by atoms with Crippen LogP contribution in [0.2, 0.25) is 0 Å². The summed E-state index contributed by atoms with van der Waals surface area (Å²) in [7, 11) is 0. The minimum absolute atomic E-state index is 0.0319. The van der Waals surface area contributed by atoms with Crippen molar-refractivity contribution in [3.8, 4) is 11.8 Å². The molecule has 3 heterocycles. The first-order chi connectivity index (χ1) is 17.5. The maximum absolute atomic E-state index is 13.0. The highest BCUT2D eigenvalue weighted by Gasteiger charge is 2.46. The van der Waals surface area contributed by atoms with Gasteiger partial charge in [-0.3, -0.25) is 9.78 Å². The molecule has 1 aliphatic heterocycles. The lowest BCUT2D eigenvalue weighted by atomic mass is 9.67. The number of aromatic nitrogens is 3. The average molecular weight is 482 g/mol. The SMILES string of the molecule is Cc1c(C(=O)Nc2ccc(C3(C#N)CCC4(CCCO4)CC3)nc2)cnn1-c1ccc(C2CC2)cc1. The molecule has 2 aromatic heterocycles. The molecule has 3 aliphatic rings. The second-order valence-electron chi connectivity index (χ2n) is 10.6. The summed E-state index contributed by atoms with van der Waals surface area (Å²) in [6, 6.07) is 14.7. The molecule has 184 valence electrons. The lowest BCUT2D eigenvalue weighted by Gasteiger charge is -2.40. The number of nitrogens with zero attached hydrogens (tertiary/aromatic N) is 4. The van der Waals surface area contributed by atoms with Gasteiger partial charge in [0.15, 0.2) is 0 Å². The summed E-state index contributed by atoms with van der Waals surface area (Å²) in [5.74, 6) is 0.481. The van der Waals surface area contributed by atoms with Crippen LogP contribution in [0.25, 0.3) is 5.69 Å². The van der Waals surface area contributed by atoms with Crippen molar-refractivity contribution in [2.45, 2.75) is 75.2 Å². The zero-order chi connectivity index (χ0) is 24.8. The number of carbonyl (C=O) groups excluding carboxylic acids is 1. The molecule has 1 amide bonds. The van der Waals surface area contributed by atoms with E-state index in [0.29, 0.717) is 17.2 Å². The number of carbonyl (C=O) groups is 1. The molecule has 1 saturated heterocycles. The number of anilines is 1. The molecule has 3 aromatic rings. The van der Waals surface area contributed by atoms with E-state index in [1.165, 1.54) is 18.4 Å². The smallest absolute Gasteiger partial charge is 0.259 e. The number of amides is 1. The molecule has 2 saturated carbocycles. The third-order valence-electron chi connectivity index (χ3n) is 8.37. The molecule has 0 radical (unpaired) electrons. The third kappa shape index (κ3) is 4.10. The number of hydrogen-bond donors (Lipinski definition) is 1. The molecule has 1 aromatic carbocycles. The molecule has 1 N–H and O–H groups in total. The summed E-state index contributed by atoms with van der Waals surface area (Å²) in [5, 5.41) is 17.4. The van der Waals surface area contributed by atoms with Crippen LogP contribution in [-0.2, 0) is 10.2 Å². The minimum atomic E-state index is -0.591. The summed E-state index contributed by atoms with van der Waals surface area (Å²) in [4.78, 5) is 17.6. The Morgan fingerprint density at radius 1 is 1.08 bits per heavy atom. The predicted molar refractivity (Wildman–Crippen MR) is 136 cm³/mol. The van der Waals surface area contributed by atoms with Gasteiger partial charge in [0.05, 0.1) is 57.8 Å². The Kier molecular flexibility index (Phi) is 5.65. The van der Waals surface area contributed by atoms with Crippen LogP contribution in [0.3, 0.4) is 0 Å². The number of hydrogen-bond acceptors (Lipinski definition) is 5. The van der Waals surface area contributed by atoms with E-state index in [9.17, 15) is 10.1 Å². The van der Waals surface area contributed by atoms with Gasteiger partial charge in [-0.1, -0.05) is 12.1 Å². The standard InChI is InChI=1S/C29H31N5O2/c1-20-25(18-32-34(20)24-8-5-22(6-9-24)21-3-4-21)27(35)33-23-7-10-26(31-17-23)28(19-30)12-14-29(15-13-28)11-2-16-36-29/h5-10,17-18,21H,2-4,11-16H2,1H3,(H,33,35). The zero-order valence-electron chi connectivity index (χ0n) is 20.7. The number of rotatable bonds is 5. The van der Waals surface area contributed by atoms with Crippen LogP contribution < -0.4 is 5.32 Å². The van der Waals surface area contributed by atoms with Crippen molar-refractivity contribution in [2.24, 2.45) is 0 Å². The topological polar surface area (TPSA) is 92.8 Å². The molecule has 2 aliphatic carbocycles. The number of pyridine rings is 1. The maximum atomic E-state index is 13.0. The first kappa shape index (κ1) is 22.9. The molecule has 7 nitrogen and oxygen atoms in total. The van der Waals surface area contributed by atoms with Crippen molar-refractivity contribution in [2.75, 3.05) is 11.9 Å². The van der Waals surface area contributed by atoms with Gasteiger partial charge in [-0.2, -0.15) is 10.4 Å². The summed E-state index contributed by atoms with van der Waals surface area (Å²) in [6.45, 7) is 2.73. The number of ether oxygens (including phenoxy) is 1. The Bertz CT molecular complexity index is 1300. The second-order valence-corrected chi connectivity index (χ2v) is 10.6. The summed E-state index contributed by atoms with van der Waals surface area (Å²) < 4.78 is 7.83. The van der Waals surface area contributed by atoms with E-state index in [4.69, 9.17) is 4.74 Å². The number of nitriles is 1. The molecular weight excluding hydrogens is 450 g/mol. The zero-order valence-corrected chi connectivity index (χ0v) is 20.7. The number of benzene rings is 1. The predicted octanol–water partition coefficient (Wildman–Crippen LogP) is 5.59. The molecule has 0 bridgehead atoms. The summed E-state index contributed by atoms with van der Waals surface area (Å²) >= 11 is 0. The second kappa shape index (κ2) is 8.86. The Balaban J connectivity index is 1.14. The normalized spacial score (nSPS) is 25.6. The molecule has 7 heteroatoms. The molecule has 1 spiro atoms. The van der Waals surface area contributed by atoms with E-state index < -0.39 is 5.41 Å². The van der Waals surface area contributed by atoms with Crippen LogP contribution in [0.5, 0.6) is 0 Å². The van der Waals surface area contributed by atoms with Crippen LogP contribution in [0.1, 0.15) is 84.6 Å². The van der Waals surface area contributed by atoms with Gasteiger partial charge in [0.1, 0.15) is 0 Å². The van der Waals surface area contributed by atoms with Crippen molar-refractivity contribution < 1.29 is 9.53 Å². The van der Waals surface area contributed by atoms with Gasteiger partial charge in [0.2, 0.25) is 0 Å². The third-order valence-corrected chi connectivity index (χ3v) is 8.37. The highest BCUT2D eigenvalue weighted by molar-refractivity contribution is 6.04. The Labute approximate surface area is 211 Å². The molecule has 6 rings (SSSR count). The molecule has 0 atom stereocenters. The Hall–Kier alpha value is -3.50. The van der Waals surface area contributed by atoms with Crippen LogP contribution in [0.4, 0.5) is 5.69 Å². The van der Waals surface area contributed by atoms with Gasteiger partial charge in [-0.25, -0.2) is 4.68 Å². The Morgan fingerprint density at radius 2 is 1.86 bits per heavy atom. The highest BCUT2D eigenvalue weighted by atomic mass is 16.5. The Morgan fingerprint density at radius 3 is 2.47 bits per heavy atom. The fourth-order valence-corrected chi connectivity index (χ4v) is 5.85. The van der Waals surface area contributed by atoms with Gasteiger partial charge in [-0.05, 0) is 94.0 Å². The minimum Gasteiger partial charge on any atom is -0.375 e. The summed E-state index contributed by atoms with van der Waals surface area (Å²) in [6.07, 6.45) is 11.3.